The molecule has 29 heavy (non-hydrogen) atoms. The monoisotopic (exact) mass is 401 g/mol. The molecule has 5 heteroatoms. The third-order valence-electron chi connectivity index (χ3n) is 5.90. The summed E-state index contributed by atoms with van der Waals surface area (Å²) in [5.41, 5.74) is 0.665. The molecule has 1 aromatic heterocycles. The van der Waals surface area contributed by atoms with Gasteiger partial charge in [0, 0.05) is 30.4 Å². The van der Waals surface area contributed by atoms with Gasteiger partial charge in [0.2, 0.25) is 0 Å². The molecule has 0 radical (unpaired) electrons. The van der Waals surface area contributed by atoms with Crippen LogP contribution in [0.2, 0.25) is 0 Å². The number of carbonyl (C=O) groups excluding carboxylic acids is 1. The van der Waals surface area contributed by atoms with Gasteiger partial charge in [-0.05, 0) is 65.0 Å². The first kappa shape index (κ1) is 22.1. The van der Waals surface area contributed by atoms with Crippen molar-refractivity contribution in [2.75, 3.05) is 18.0 Å². The topological polar surface area (TPSA) is 45.7 Å². The van der Waals surface area contributed by atoms with E-state index in [0.29, 0.717) is 12.0 Å². The van der Waals surface area contributed by atoms with Crippen molar-refractivity contribution in [3.63, 3.8) is 0 Å². The first-order valence-electron chi connectivity index (χ1n) is 11.5. The van der Waals surface area contributed by atoms with Gasteiger partial charge in [0.1, 0.15) is 11.4 Å². The number of nitrogens with zero attached hydrogens (tertiary/aromatic N) is 3. The normalized spacial score (nSPS) is 21.5. The summed E-state index contributed by atoms with van der Waals surface area (Å²) in [6.07, 6.45) is 9.51. The number of ether oxygens (including phenoxy) is 1. The summed E-state index contributed by atoms with van der Waals surface area (Å²) >= 11 is 0. The lowest BCUT2D eigenvalue weighted by atomic mass is 9.93. The van der Waals surface area contributed by atoms with Crippen molar-refractivity contribution >= 4 is 11.9 Å². The van der Waals surface area contributed by atoms with Crippen LogP contribution in [-0.2, 0) is 4.74 Å². The van der Waals surface area contributed by atoms with Crippen LogP contribution in [-0.4, -0.2) is 40.7 Å². The lowest BCUT2D eigenvalue weighted by molar-refractivity contribution is 0.0555. The second kappa shape index (κ2) is 9.46. The number of hydrogen-bond acceptors (Lipinski definition) is 4. The fourth-order valence-electron chi connectivity index (χ4n) is 4.80. The molecule has 1 aliphatic carbocycles. The molecule has 162 valence electrons. The number of aromatic nitrogens is 1. The molecule has 1 atom stereocenters. The number of hydrogen-bond donors (Lipinski definition) is 0. The number of amides is 1. The van der Waals surface area contributed by atoms with E-state index in [9.17, 15) is 4.79 Å². The molecule has 1 amide bonds. The van der Waals surface area contributed by atoms with Crippen molar-refractivity contribution in [2.24, 2.45) is 5.92 Å². The van der Waals surface area contributed by atoms with Crippen molar-refractivity contribution in [1.82, 2.24) is 9.88 Å². The maximum absolute atomic E-state index is 13.3. The van der Waals surface area contributed by atoms with Crippen molar-refractivity contribution in [2.45, 2.75) is 97.2 Å². The largest absolute Gasteiger partial charge is 0.443 e. The van der Waals surface area contributed by atoms with E-state index in [4.69, 9.17) is 9.72 Å². The van der Waals surface area contributed by atoms with Gasteiger partial charge in [-0.3, -0.25) is 9.80 Å². The van der Waals surface area contributed by atoms with Gasteiger partial charge in [-0.15, -0.1) is 0 Å². The standard InChI is InChI=1S/C24H39N3O2/c1-18(2)17-26-16-10-14-21(26)20-13-9-15-25-22(20)27(19-11-7-6-8-12-19)23(28)29-24(3,4)5/h9,13,15,18-19,21H,6-8,10-12,14,16-17H2,1-5H3/t21-/m0/s1. The van der Waals surface area contributed by atoms with E-state index in [-0.39, 0.29) is 12.1 Å². The summed E-state index contributed by atoms with van der Waals surface area (Å²) in [4.78, 5) is 22.6. The molecule has 0 spiro atoms. The summed E-state index contributed by atoms with van der Waals surface area (Å²) in [6.45, 7) is 12.5. The average Bonchev–Trinajstić information content (AvgIpc) is 3.09. The Hall–Kier alpha value is -1.62. The lowest BCUT2D eigenvalue weighted by Crippen LogP contribution is -2.45. The zero-order chi connectivity index (χ0) is 21.0. The second-order valence-corrected chi connectivity index (χ2v) is 10.1. The van der Waals surface area contributed by atoms with Crippen molar-refractivity contribution in [3.05, 3.63) is 23.9 Å². The third kappa shape index (κ3) is 5.71. The maximum Gasteiger partial charge on any atom is 0.416 e. The van der Waals surface area contributed by atoms with E-state index in [1.54, 1.807) is 0 Å². The maximum atomic E-state index is 13.3. The Balaban J connectivity index is 1.96. The Labute approximate surface area is 176 Å². The fraction of sp³-hybridized carbons (Fsp3) is 0.750. The Morgan fingerprint density at radius 2 is 1.93 bits per heavy atom. The summed E-state index contributed by atoms with van der Waals surface area (Å²) in [5.74, 6) is 1.44. The van der Waals surface area contributed by atoms with Gasteiger partial charge in [-0.25, -0.2) is 9.78 Å². The minimum absolute atomic E-state index is 0.173. The SMILES string of the molecule is CC(C)CN1CCC[C@H]1c1cccnc1N(C(=O)OC(C)(C)C)C1CCCCC1. The molecular weight excluding hydrogens is 362 g/mol. The number of rotatable bonds is 5. The van der Waals surface area contributed by atoms with Gasteiger partial charge in [-0.2, -0.15) is 0 Å². The van der Waals surface area contributed by atoms with Gasteiger partial charge in [0.05, 0.1) is 0 Å². The Kier molecular flexibility index (Phi) is 7.20. The first-order valence-corrected chi connectivity index (χ1v) is 11.5. The number of carbonyl (C=O) groups is 1. The lowest BCUT2D eigenvalue weighted by Gasteiger charge is -2.37. The molecule has 5 nitrogen and oxygen atoms in total. The first-order chi connectivity index (χ1) is 13.8. The highest BCUT2D eigenvalue weighted by atomic mass is 16.6. The molecule has 1 saturated heterocycles. The quantitative estimate of drug-likeness (QED) is 0.612. The van der Waals surface area contributed by atoms with Crippen LogP contribution in [0.1, 0.15) is 91.2 Å². The molecule has 1 aliphatic heterocycles. The van der Waals surface area contributed by atoms with Crippen LogP contribution in [0.4, 0.5) is 10.6 Å². The fourth-order valence-corrected chi connectivity index (χ4v) is 4.80. The predicted octanol–water partition coefficient (Wildman–Crippen LogP) is 5.95. The summed E-state index contributed by atoms with van der Waals surface area (Å²) in [5, 5.41) is 0. The van der Waals surface area contributed by atoms with Crippen LogP contribution >= 0.6 is 0 Å². The zero-order valence-electron chi connectivity index (χ0n) is 19.0. The highest BCUT2D eigenvalue weighted by Crippen LogP contribution is 2.39. The third-order valence-corrected chi connectivity index (χ3v) is 5.90. The minimum atomic E-state index is -0.518. The van der Waals surface area contributed by atoms with Gasteiger partial charge in [0.15, 0.2) is 0 Å². The summed E-state index contributed by atoms with van der Waals surface area (Å²) in [6, 6.07) is 4.69. The van der Waals surface area contributed by atoms with Crippen molar-refractivity contribution in [1.29, 1.82) is 0 Å². The molecule has 1 aromatic rings. The molecule has 0 N–H and O–H groups in total. The number of likely N-dealkylation sites (tertiary alicyclic amines) is 1. The van der Waals surface area contributed by atoms with E-state index in [1.807, 2.05) is 37.9 Å². The predicted molar refractivity (Wildman–Crippen MR) is 118 cm³/mol. The number of pyridine rings is 1. The average molecular weight is 402 g/mol. The molecule has 1 saturated carbocycles. The van der Waals surface area contributed by atoms with Crippen molar-refractivity contribution < 1.29 is 9.53 Å². The molecule has 0 unspecified atom stereocenters. The van der Waals surface area contributed by atoms with Crippen LogP contribution in [0.15, 0.2) is 18.3 Å². The summed E-state index contributed by atoms with van der Waals surface area (Å²) in [7, 11) is 0. The Morgan fingerprint density at radius 3 is 2.59 bits per heavy atom. The Morgan fingerprint density at radius 1 is 1.21 bits per heavy atom. The highest BCUT2D eigenvalue weighted by Gasteiger charge is 2.36. The molecule has 2 aliphatic rings. The van der Waals surface area contributed by atoms with E-state index >= 15 is 0 Å². The smallest absolute Gasteiger partial charge is 0.416 e. The molecule has 0 bridgehead atoms. The van der Waals surface area contributed by atoms with Crippen LogP contribution in [0.5, 0.6) is 0 Å². The molecule has 2 heterocycles. The van der Waals surface area contributed by atoms with Gasteiger partial charge in [0.25, 0.3) is 0 Å². The van der Waals surface area contributed by atoms with Crippen molar-refractivity contribution in [3.8, 4) is 0 Å². The van der Waals surface area contributed by atoms with Crippen LogP contribution < -0.4 is 4.90 Å². The van der Waals surface area contributed by atoms with Gasteiger partial charge < -0.3 is 4.74 Å². The van der Waals surface area contributed by atoms with Gasteiger partial charge >= 0.3 is 6.09 Å². The van der Waals surface area contributed by atoms with Crippen LogP contribution in [0, 0.1) is 5.92 Å². The molecule has 0 aromatic carbocycles. The highest BCUT2D eigenvalue weighted by molar-refractivity contribution is 5.88. The second-order valence-electron chi connectivity index (χ2n) is 10.1. The summed E-state index contributed by atoms with van der Waals surface area (Å²) < 4.78 is 5.85. The van der Waals surface area contributed by atoms with E-state index < -0.39 is 5.60 Å². The minimum Gasteiger partial charge on any atom is -0.443 e. The molecule has 2 fully saturated rings. The van der Waals surface area contributed by atoms with Crippen LogP contribution in [0.3, 0.4) is 0 Å². The van der Waals surface area contributed by atoms with E-state index in [2.05, 4.69) is 24.8 Å². The molecular formula is C24H39N3O2. The zero-order valence-corrected chi connectivity index (χ0v) is 19.0. The van der Waals surface area contributed by atoms with E-state index in [1.165, 1.54) is 18.4 Å². The van der Waals surface area contributed by atoms with Gasteiger partial charge in [-0.1, -0.05) is 39.2 Å². The number of anilines is 1. The van der Waals surface area contributed by atoms with E-state index in [0.717, 1.165) is 51.0 Å². The Bertz CT molecular complexity index is 677. The van der Waals surface area contributed by atoms with Crippen LogP contribution in [0.25, 0.3) is 0 Å². The molecule has 3 rings (SSSR count).